The Bertz CT molecular complexity index is 651. The van der Waals surface area contributed by atoms with Crippen LogP contribution in [-0.4, -0.2) is 37.3 Å². The quantitative estimate of drug-likeness (QED) is 0.582. The maximum Gasteiger partial charge on any atom is 0.261 e. The highest BCUT2D eigenvalue weighted by Crippen LogP contribution is 2.36. The van der Waals surface area contributed by atoms with E-state index in [4.69, 9.17) is 4.43 Å². The first-order valence-corrected chi connectivity index (χ1v) is 11.0. The van der Waals surface area contributed by atoms with Gasteiger partial charge in [0.1, 0.15) is 0 Å². The largest absolute Gasteiger partial charge is 0.404 e. The third-order valence-electron chi connectivity index (χ3n) is 4.50. The molecule has 0 aliphatic rings. The number of aliphatic hydroxyl groups is 2. The molecule has 3 nitrogen and oxygen atoms in total. The van der Waals surface area contributed by atoms with Crippen LogP contribution in [-0.2, 0) is 4.43 Å². The summed E-state index contributed by atoms with van der Waals surface area (Å²) in [5.41, 5.74) is 0. The standard InChI is InChI=1S/C22H30O3Si/c1-18(23)15-16-19(24)17-25-26(22(2,3)4,20-11-7-5-8-12-20)21-13-9-6-10-14-21/h5-16,18-19,23-24H,17H2,1-4H3/b16-15+/t18-,19-/m1/s1. The Morgan fingerprint density at radius 1 is 0.885 bits per heavy atom. The van der Waals surface area contributed by atoms with E-state index in [0.717, 1.165) is 0 Å². The fourth-order valence-corrected chi connectivity index (χ4v) is 7.89. The maximum absolute atomic E-state index is 10.3. The highest BCUT2D eigenvalue weighted by Gasteiger charge is 2.50. The predicted molar refractivity (Wildman–Crippen MR) is 110 cm³/mol. The van der Waals surface area contributed by atoms with Crippen molar-refractivity contribution >= 4 is 18.7 Å². The molecule has 2 rings (SSSR count). The van der Waals surface area contributed by atoms with Crippen molar-refractivity contribution in [1.82, 2.24) is 0 Å². The molecule has 2 aromatic carbocycles. The van der Waals surface area contributed by atoms with Crippen LogP contribution in [0.25, 0.3) is 0 Å². The van der Waals surface area contributed by atoms with Crippen LogP contribution in [0.2, 0.25) is 5.04 Å². The molecule has 0 amide bonds. The summed E-state index contributed by atoms with van der Waals surface area (Å²) in [5, 5.41) is 22.0. The van der Waals surface area contributed by atoms with Crippen molar-refractivity contribution in [2.75, 3.05) is 6.61 Å². The molecule has 0 heterocycles. The molecule has 2 atom stereocenters. The summed E-state index contributed by atoms with van der Waals surface area (Å²) >= 11 is 0. The molecular weight excluding hydrogens is 340 g/mol. The van der Waals surface area contributed by atoms with Crippen LogP contribution < -0.4 is 10.4 Å². The van der Waals surface area contributed by atoms with E-state index < -0.39 is 20.5 Å². The first kappa shape index (κ1) is 20.6. The number of rotatable bonds is 7. The Labute approximate surface area is 158 Å². The zero-order chi connectivity index (χ0) is 19.2. The second kappa shape index (κ2) is 8.78. The normalized spacial score (nSPS) is 15.2. The highest BCUT2D eigenvalue weighted by molar-refractivity contribution is 6.99. The molecule has 0 aromatic heterocycles. The summed E-state index contributed by atoms with van der Waals surface area (Å²) in [6, 6.07) is 20.7. The maximum atomic E-state index is 10.3. The van der Waals surface area contributed by atoms with Crippen molar-refractivity contribution in [3.8, 4) is 0 Å². The summed E-state index contributed by atoms with van der Waals surface area (Å²) in [5.74, 6) is 0. The summed E-state index contributed by atoms with van der Waals surface area (Å²) in [4.78, 5) is 0. The Kier molecular flexibility index (Phi) is 6.95. The van der Waals surface area contributed by atoms with Gasteiger partial charge in [0.25, 0.3) is 8.32 Å². The van der Waals surface area contributed by atoms with Gasteiger partial charge in [-0.1, -0.05) is 93.6 Å². The SMILES string of the molecule is C[C@@H](O)/C=C/[C@@H](O)CO[Si](c1ccccc1)(c1ccccc1)C(C)(C)C. The molecule has 140 valence electrons. The molecule has 0 radical (unpaired) electrons. The van der Waals surface area contributed by atoms with E-state index >= 15 is 0 Å². The minimum absolute atomic E-state index is 0.122. The van der Waals surface area contributed by atoms with E-state index in [1.807, 2.05) is 36.4 Å². The second-order valence-corrected chi connectivity index (χ2v) is 12.0. The Morgan fingerprint density at radius 2 is 1.35 bits per heavy atom. The van der Waals surface area contributed by atoms with Gasteiger partial charge in [-0.05, 0) is 22.3 Å². The van der Waals surface area contributed by atoms with E-state index in [-0.39, 0.29) is 11.6 Å². The van der Waals surface area contributed by atoms with Crippen molar-refractivity contribution < 1.29 is 14.6 Å². The fourth-order valence-electron chi connectivity index (χ4n) is 3.32. The van der Waals surface area contributed by atoms with Gasteiger partial charge < -0.3 is 14.6 Å². The van der Waals surface area contributed by atoms with E-state index in [0.29, 0.717) is 0 Å². The fraction of sp³-hybridized carbons (Fsp3) is 0.364. The summed E-state index contributed by atoms with van der Waals surface area (Å²) < 4.78 is 6.62. The zero-order valence-corrected chi connectivity index (χ0v) is 17.1. The third-order valence-corrected chi connectivity index (χ3v) is 9.50. The van der Waals surface area contributed by atoms with Crippen molar-refractivity contribution in [2.45, 2.75) is 44.9 Å². The van der Waals surface area contributed by atoms with Crippen LogP contribution in [0.1, 0.15) is 27.7 Å². The molecule has 26 heavy (non-hydrogen) atoms. The molecule has 0 spiro atoms. The van der Waals surface area contributed by atoms with E-state index in [1.165, 1.54) is 10.4 Å². The minimum atomic E-state index is -2.62. The van der Waals surface area contributed by atoms with Gasteiger partial charge in [0, 0.05) is 0 Å². The summed E-state index contributed by atoms with van der Waals surface area (Å²) in [6.45, 7) is 8.47. The lowest BCUT2D eigenvalue weighted by atomic mass is 10.2. The first-order valence-electron chi connectivity index (χ1n) is 9.07. The number of hydrogen-bond acceptors (Lipinski definition) is 3. The summed E-state index contributed by atoms with van der Waals surface area (Å²) in [7, 11) is -2.62. The van der Waals surface area contributed by atoms with Crippen molar-refractivity contribution in [1.29, 1.82) is 0 Å². The number of benzene rings is 2. The van der Waals surface area contributed by atoms with Gasteiger partial charge in [-0.2, -0.15) is 0 Å². The van der Waals surface area contributed by atoms with Crippen LogP contribution in [0.4, 0.5) is 0 Å². The van der Waals surface area contributed by atoms with Crippen molar-refractivity contribution in [3.05, 3.63) is 72.8 Å². The average molecular weight is 371 g/mol. The molecule has 0 saturated carbocycles. The van der Waals surface area contributed by atoms with E-state index in [1.54, 1.807) is 19.1 Å². The molecule has 2 aromatic rings. The lowest BCUT2D eigenvalue weighted by molar-refractivity contribution is 0.136. The topological polar surface area (TPSA) is 49.7 Å². The van der Waals surface area contributed by atoms with Crippen molar-refractivity contribution in [2.24, 2.45) is 0 Å². The van der Waals surface area contributed by atoms with Crippen molar-refractivity contribution in [3.63, 3.8) is 0 Å². The van der Waals surface area contributed by atoms with E-state index in [9.17, 15) is 10.2 Å². The lowest BCUT2D eigenvalue weighted by Crippen LogP contribution is -2.67. The number of hydrogen-bond donors (Lipinski definition) is 2. The first-order chi connectivity index (χ1) is 12.3. The van der Waals surface area contributed by atoms with Crippen LogP contribution in [0, 0.1) is 0 Å². The molecule has 0 bridgehead atoms. The molecule has 2 N–H and O–H groups in total. The zero-order valence-electron chi connectivity index (χ0n) is 16.1. The molecular formula is C22H30O3Si. The van der Waals surface area contributed by atoms with Crippen LogP contribution in [0.3, 0.4) is 0 Å². The van der Waals surface area contributed by atoms with E-state index in [2.05, 4.69) is 45.0 Å². The average Bonchev–Trinajstić information content (AvgIpc) is 2.61. The number of aliphatic hydroxyl groups excluding tert-OH is 2. The van der Waals surface area contributed by atoms with Gasteiger partial charge in [-0.25, -0.2) is 0 Å². The Balaban J connectivity index is 2.47. The smallest absolute Gasteiger partial charge is 0.261 e. The Morgan fingerprint density at radius 3 is 1.73 bits per heavy atom. The minimum Gasteiger partial charge on any atom is -0.404 e. The molecule has 0 unspecified atom stereocenters. The molecule has 0 aliphatic carbocycles. The second-order valence-electron chi connectivity index (χ2n) is 7.67. The van der Waals surface area contributed by atoms with Crippen LogP contribution >= 0.6 is 0 Å². The third kappa shape index (κ3) is 4.71. The molecule has 0 fully saturated rings. The van der Waals surface area contributed by atoms with Gasteiger partial charge in [-0.3, -0.25) is 0 Å². The van der Waals surface area contributed by atoms with Crippen LogP contribution in [0.5, 0.6) is 0 Å². The molecule has 4 heteroatoms. The summed E-state index contributed by atoms with van der Waals surface area (Å²) in [6.07, 6.45) is 1.84. The highest BCUT2D eigenvalue weighted by atomic mass is 28.4. The van der Waals surface area contributed by atoms with Gasteiger partial charge in [0.15, 0.2) is 0 Å². The van der Waals surface area contributed by atoms with Gasteiger partial charge in [-0.15, -0.1) is 0 Å². The lowest BCUT2D eigenvalue weighted by Gasteiger charge is -2.43. The monoisotopic (exact) mass is 370 g/mol. The van der Waals surface area contributed by atoms with Gasteiger partial charge >= 0.3 is 0 Å². The van der Waals surface area contributed by atoms with Gasteiger partial charge in [0.2, 0.25) is 0 Å². The molecule has 0 saturated heterocycles. The van der Waals surface area contributed by atoms with Crippen LogP contribution in [0.15, 0.2) is 72.8 Å². The Hall–Kier alpha value is -1.72. The predicted octanol–water partition coefficient (Wildman–Crippen LogP) is 2.86. The van der Waals surface area contributed by atoms with Gasteiger partial charge in [0.05, 0.1) is 18.8 Å². The molecule has 0 aliphatic heterocycles.